The van der Waals surface area contributed by atoms with Crippen LogP contribution in [0.5, 0.6) is 0 Å². The Labute approximate surface area is 131 Å². The molecule has 0 unspecified atom stereocenters. The van der Waals surface area contributed by atoms with Gasteiger partial charge in [0.05, 0.1) is 9.82 Å². The van der Waals surface area contributed by atoms with Crippen LogP contribution in [-0.2, 0) is 9.84 Å². The highest BCUT2D eigenvalue weighted by Gasteiger charge is 2.26. The molecule has 0 aliphatic heterocycles. The monoisotopic (exact) mass is 343 g/mol. The lowest BCUT2D eigenvalue weighted by molar-refractivity contribution is -0.390. The third-order valence-electron chi connectivity index (χ3n) is 2.57. The lowest BCUT2D eigenvalue weighted by Crippen LogP contribution is -2.03. The predicted octanol–water partition coefficient (Wildman–Crippen LogP) is 3.80. The van der Waals surface area contributed by atoms with E-state index in [0.29, 0.717) is 9.92 Å². The molecule has 0 aromatic heterocycles. The van der Waals surface area contributed by atoms with Crippen molar-refractivity contribution in [2.45, 2.75) is 14.7 Å². The van der Waals surface area contributed by atoms with Crippen molar-refractivity contribution < 1.29 is 13.3 Å². The summed E-state index contributed by atoms with van der Waals surface area (Å²) in [6, 6.07) is 11.0. The van der Waals surface area contributed by atoms with Crippen LogP contribution in [0.15, 0.2) is 57.2 Å². The van der Waals surface area contributed by atoms with E-state index in [1.54, 1.807) is 24.3 Å². The first-order valence-corrected chi connectivity index (χ1v) is 8.78. The lowest BCUT2D eigenvalue weighted by Gasteiger charge is -2.06. The molecule has 0 N–H and O–H groups in total. The number of rotatable bonds is 4. The second-order valence-electron chi connectivity index (χ2n) is 4.19. The fourth-order valence-electron chi connectivity index (χ4n) is 1.72. The number of hydrogen-bond acceptors (Lipinski definition) is 5. The highest BCUT2D eigenvalue weighted by atomic mass is 35.5. The molecular weight excluding hydrogens is 334 g/mol. The first-order valence-electron chi connectivity index (χ1n) is 5.70. The van der Waals surface area contributed by atoms with Crippen LogP contribution in [0, 0.1) is 10.1 Å². The van der Waals surface area contributed by atoms with E-state index in [1.165, 1.54) is 18.2 Å². The molecule has 2 aromatic carbocycles. The van der Waals surface area contributed by atoms with E-state index in [9.17, 15) is 18.5 Å². The predicted molar refractivity (Wildman–Crippen MR) is 81.8 cm³/mol. The molecule has 2 aromatic rings. The molecule has 110 valence electrons. The Morgan fingerprint density at radius 1 is 1.19 bits per heavy atom. The molecule has 0 atom stereocenters. The summed E-state index contributed by atoms with van der Waals surface area (Å²) < 4.78 is 23.4. The summed E-state index contributed by atoms with van der Waals surface area (Å²) in [5.41, 5.74) is -0.412. The third kappa shape index (κ3) is 3.75. The molecule has 0 aliphatic rings. The van der Waals surface area contributed by atoms with Crippen LogP contribution in [0.2, 0.25) is 5.02 Å². The molecule has 21 heavy (non-hydrogen) atoms. The van der Waals surface area contributed by atoms with Gasteiger partial charge in [-0.3, -0.25) is 10.1 Å². The van der Waals surface area contributed by atoms with Crippen LogP contribution < -0.4 is 0 Å². The van der Waals surface area contributed by atoms with E-state index in [4.69, 9.17) is 11.6 Å². The maximum Gasteiger partial charge on any atom is 0.301 e. The minimum Gasteiger partial charge on any atom is -0.258 e. The van der Waals surface area contributed by atoms with Gasteiger partial charge in [-0.25, -0.2) is 8.42 Å². The molecule has 0 spiro atoms. The second-order valence-corrected chi connectivity index (χ2v) is 7.73. The summed E-state index contributed by atoms with van der Waals surface area (Å²) >= 11 is 6.97. The molecular formula is C13H10ClNO4S2. The molecule has 0 heterocycles. The Bertz CT molecular complexity index is 806. The van der Waals surface area contributed by atoms with Gasteiger partial charge in [0, 0.05) is 16.2 Å². The van der Waals surface area contributed by atoms with Gasteiger partial charge in [-0.15, -0.1) is 0 Å². The summed E-state index contributed by atoms with van der Waals surface area (Å²) in [7, 11) is -3.68. The molecule has 2 rings (SSSR count). The van der Waals surface area contributed by atoms with Crippen LogP contribution in [-0.4, -0.2) is 19.6 Å². The van der Waals surface area contributed by atoms with E-state index < -0.39 is 20.4 Å². The number of nitro benzene ring substituents is 1. The molecule has 8 heteroatoms. The smallest absolute Gasteiger partial charge is 0.258 e. The van der Waals surface area contributed by atoms with Gasteiger partial charge in [0.1, 0.15) is 4.90 Å². The molecule has 0 saturated carbocycles. The minimum absolute atomic E-state index is 0.255. The van der Waals surface area contributed by atoms with Gasteiger partial charge in [0.25, 0.3) is 0 Å². The Balaban J connectivity index is 2.57. The number of benzene rings is 2. The third-order valence-corrected chi connectivity index (χ3v) is 4.97. The van der Waals surface area contributed by atoms with Crippen molar-refractivity contribution >= 4 is 38.9 Å². The van der Waals surface area contributed by atoms with E-state index in [2.05, 4.69) is 0 Å². The highest BCUT2D eigenvalue weighted by Crippen LogP contribution is 2.39. The first kappa shape index (κ1) is 15.8. The fourth-order valence-corrected chi connectivity index (χ4v) is 3.92. The SMILES string of the molecule is CS(=O)(=O)c1cccc(Sc2cccc(Cl)c2)c1[N+](=O)[O-]. The number of hydrogen-bond donors (Lipinski definition) is 0. The average molecular weight is 344 g/mol. The zero-order valence-corrected chi connectivity index (χ0v) is 13.2. The van der Waals surface area contributed by atoms with Crippen LogP contribution in [0.3, 0.4) is 0 Å². The van der Waals surface area contributed by atoms with Crippen molar-refractivity contribution in [3.8, 4) is 0 Å². The molecule has 0 bridgehead atoms. The molecule has 0 saturated heterocycles. The summed E-state index contributed by atoms with van der Waals surface area (Å²) in [4.78, 5) is 11.2. The Hall–Kier alpha value is -1.57. The second kappa shape index (κ2) is 6.05. The molecule has 0 aliphatic carbocycles. The number of halogens is 1. The minimum atomic E-state index is -3.68. The fraction of sp³-hybridized carbons (Fsp3) is 0.0769. The van der Waals surface area contributed by atoms with Crippen LogP contribution in [0.25, 0.3) is 0 Å². The quantitative estimate of drug-likeness (QED) is 0.623. The molecule has 0 radical (unpaired) electrons. The highest BCUT2D eigenvalue weighted by molar-refractivity contribution is 7.99. The van der Waals surface area contributed by atoms with Crippen LogP contribution in [0.4, 0.5) is 5.69 Å². The summed E-state index contributed by atoms with van der Waals surface area (Å²) in [5.74, 6) is 0. The van der Waals surface area contributed by atoms with E-state index in [0.717, 1.165) is 18.0 Å². The largest absolute Gasteiger partial charge is 0.301 e. The lowest BCUT2D eigenvalue weighted by atomic mass is 10.3. The number of sulfone groups is 1. The van der Waals surface area contributed by atoms with Crippen molar-refractivity contribution in [2.75, 3.05) is 6.26 Å². The van der Waals surface area contributed by atoms with Gasteiger partial charge in [-0.2, -0.15) is 0 Å². The maximum absolute atomic E-state index is 11.7. The van der Waals surface area contributed by atoms with Gasteiger partial charge in [-0.05, 0) is 30.3 Å². The van der Waals surface area contributed by atoms with Gasteiger partial charge >= 0.3 is 5.69 Å². The van der Waals surface area contributed by atoms with E-state index >= 15 is 0 Å². The van der Waals surface area contributed by atoms with Gasteiger partial charge in [-0.1, -0.05) is 35.5 Å². The van der Waals surface area contributed by atoms with E-state index in [-0.39, 0.29) is 9.79 Å². The Morgan fingerprint density at radius 2 is 1.86 bits per heavy atom. The van der Waals surface area contributed by atoms with Gasteiger partial charge < -0.3 is 0 Å². The summed E-state index contributed by atoms with van der Waals surface area (Å²) in [6.07, 6.45) is 0.948. The van der Waals surface area contributed by atoms with Crippen LogP contribution in [0.1, 0.15) is 0 Å². The zero-order chi connectivity index (χ0) is 15.6. The summed E-state index contributed by atoms with van der Waals surface area (Å²) in [5, 5.41) is 11.7. The Kier molecular flexibility index (Phi) is 4.55. The number of para-hydroxylation sites is 1. The first-order chi connectivity index (χ1) is 9.79. The average Bonchev–Trinajstić information content (AvgIpc) is 2.37. The van der Waals surface area contributed by atoms with Gasteiger partial charge in [0.15, 0.2) is 9.84 Å². The van der Waals surface area contributed by atoms with Crippen molar-refractivity contribution in [2.24, 2.45) is 0 Å². The Morgan fingerprint density at radius 3 is 2.43 bits per heavy atom. The maximum atomic E-state index is 11.7. The van der Waals surface area contributed by atoms with Crippen LogP contribution >= 0.6 is 23.4 Å². The van der Waals surface area contributed by atoms with Crippen molar-refractivity contribution in [3.05, 3.63) is 57.6 Å². The van der Waals surface area contributed by atoms with Crippen molar-refractivity contribution in [1.29, 1.82) is 0 Å². The number of nitro groups is 1. The van der Waals surface area contributed by atoms with Crippen molar-refractivity contribution in [3.63, 3.8) is 0 Å². The molecule has 5 nitrogen and oxygen atoms in total. The molecule has 0 fully saturated rings. The van der Waals surface area contributed by atoms with E-state index in [1.807, 2.05) is 0 Å². The molecule has 0 amide bonds. The van der Waals surface area contributed by atoms with Gasteiger partial charge in [0.2, 0.25) is 0 Å². The summed E-state index contributed by atoms with van der Waals surface area (Å²) in [6.45, 7) is 0. The number of nitrogens with zero attached hydrogens (tertiary/aromatic N) is 1. The standard InChI is InChI=1S/C13H10ClNO4S2/c1-21(18,19)12-7-3-6-11(13(12)15(16)17)20-10-5-2-4-9(14)8-10/h2-8H,1H3. The van der Waals surface area contributed by atoms with Crippen molar-refractivity contribution in [1.82, 2.24) is 0 Å². The topological polar surface area (TPSA) is 77.3 Å². The normalized spacial score (nSPS) is 11.3. The zero-order valence-electron chi connectivity index (χ0n) is 10.8.